The summed E-state index contributed by atoms with van der Waals surface area (Å²) in [5.74, 6) is 0. The quantitative estimate of drug-likeness (QED) is 0.195. The number of anilines is 1. The molecular formula is C34H30N2O4S2. The molecule has 212 valence electrons. The van der Waals surface area contributed by atoms with Crippen LogP contribution in [0, 0.1) is 6.92 Å². The van der Waals surface area contributed by atoms with Gasteiger partial charge in [-0.15, -0.1) is 3.77 Å². The van der Waals surface area contributed by atoms with Crippen LogP contribution in [0.2, 0.25) is 0 Å². The van der Waals surface area contributed by atoms with Crippen molar-refractivity contribution in [2.75, 3.05) is 5.06 Å². The van der Waals surface area contributed by atoms with E-state index in [1.165, 1.54) is 12.1 Å². The number of rotatable bonds is 7. The fourth-order valence-corrected chi connectivity index (χ4v) is 10.1. The van der Waals surface area contributed by atoms with E-state index in [-0.39, 0.29) is 4.90 Å². The number of benzene rings is 5. The van der Waals surface area contributed by atoms with E-state index in [1.807, 2.05) is 104 Å². The van der Waals surface area contributed by atoms with Crippen molar-refractivity contribution in [2.24, 2.45) is 3.77 Å². The molecule has 5 aromatic rings. The van der Waals surface area contributed by atoms with E-state index in [1.54, 1.807) is 41.5 Å². The molecule has 0 radical (unpaired) electrons. The third-order valence-corrected chi connectivity index (χ3v) is 12.1. The van der Waals surface area contributed by atoms with Crippen molar-refractivity contribution in [3.63, 3.8) is 0 Å². The molecule has 1 unspecified atom stereocenters. The number of hydroxylamine groups is 1. The van der Waals surface area contributed by atoms with Gasteiger partial charge in [0.1, 0.15) is 17.4 Å². The van der Waals surface area contributed by atoms with Gasteiger partial charge in [-0.1, -0.05) is 115 Å². The minimum Gasteiger partial charge on any atom is -0.263 e. The molecule has 1 aliphatic heterocycles. The maximum absolute atomic E-state index is 15.7. The number of para-hydroxylation sites is 1. The topological polar surface area (TPSA) is 76.0 Å². The van der Waals surface area contributed by atoms with Crippen LogP contribution in [0.1, 0.15) is 28.8 Å². The van der Waals surface area contributed by atoms with E-state index in [2.05, 4.69) is 3.77 Å². The average Bonchev–Trinajstić information content (AvgIpc) is 3.44. The van der Waals surface area contributed by atoms with Gasteiger partial charge < -0.3 is 0 Å². The van der Waals surface area contributed by atoms with Crippen molar-refractivity contribution in [2.45, 2.75) is 34.1 Å². The molecule has 1 saturated heterocycles. The maximum Gasteiger partial charge on any atom is 0.290 e. The molecule has 0 amide bonds. The Bertz CT molecular complexity index is 1880. The van der Waals surface area contributed by atoms with Crippen LogP contribution in [0.3, 0.4) is 0 Å². The second-order valence-electron chi connectivity index (χ2n) is 10.2. The first-order valence-corrected chi connectivity index (χ1v) is 16.6. The summed E-state index contributed by atoms with van der Waals surface area (Å²) in [4.78, 5) is 7.03. The van der Waals surface area contributed by atoms with Crippen LogP contribution in [0.15, 0.2) is 159 Å². The lowest BCUT2D eigenvalue weighted by Gasteiger charge is -2.29. The molecular weight excluding hydrogens is 565 g/mol. The Labute approximate surface area is 247 Å². The monoisotopic (exact) mass is 594 g/mol. The van der Waals surface area contributed by atoms with Crippen molar-refractivity contribution < 1.29 is 17.5 Å². The number of nitrogens with zero attached hydrogens (tertiary/aromatic N) is 2. The summed E-state index contributed by atoms with van der Waals surface area (Å²) in [5.41, 5.74) is 3.27. The molecule has 6 rings (SSSR count). The molecule has 1 aliphatic rings. The number of sulfonamides is 1. The Hall–Kier alpha value is -4.24. The zero-order valence-electron chi connectivity index (χ0n) is 22.9. The van der Waals surface area contributed by atoms with E-state index >= 15 is 4.21 Å². The van der Waals surface area contributed by atoms with Gasteiger partial charge in [0.2, 0.25) is 0 Å². The van der Waals surface area contributed by atoms with E-state index in [0.29, 0.717) is 4.90 Å². The Kier molecular flexibility index (Phi) is 7.68. The van der Waals surface area contributed by atoms with Gasteiger partial charge >= 0.3 is 0 Å². The van der Waals surface area contributed by atoms with E-state index < -0.39 is 37.1 Å². The largest absolute Gasteiger partial charge is 0.290 e. The van der Waals surface area contributed by atoms with Crippen LogP contribution in [0.4, 0.5) is 5.69 Å². The van der Waals surface area contributed by atoms with Crippen LogP contribution in [0.25, 0.3) is 0 Å². The molecule has 5 aromatic carbocycles. The molecule has 42 heavy (non-hydrogen) atoms. The molecule has 0 aliphatic carbocycles. The van der Waals surface area contributed by atoms with Crippen LogP contribution >= 0.6 is 0 Å². The zero-order chi connectivity index (χ0) is 29.2. The van der Waals surface area contributed by atoms with E-state index in [9.17, 15) is 8.42 Å². The lowest BCUT2D eigenvalue weighted by Crippen LogP contribution is -2.33. The highest BCUT2D eigenvalue weighted by atomic mass is 32.3. The fraction of sp³-hybridized carbons (Fsp3) is 0.118. The van der Waals surface area contributed by atoms with Gasteiger partial charge in [0.15, 0.2) is 0 Å². The summed E-state index contributed by atoms with van der Waals surface area (Å²) in [6.07, 6.45) is -0.777. The number of aryl methyl sites for hydroxylation is 1. The smallest absolute Gasteiger partial charge is 0.263 e. The molecule has 0 N–H and O–H groups in total. The van der Waals surface area contributed by atoms with Crippen LogP contribution in [0.5, 0.6) is 0 Å². The molecule has 1 fully saturated rings. The van der Waals surface area contributed by atoms with Gasteiger partial charge in [0.05, 0.1) is 20.3 Å². The Morgan fingerprint density at radius 1 is 0.595 bits per heavy atom. The average molecular weight is 595 g/mol. The number of hydrogen-bond acceptors (Lipinski definition) is 5. The lowest BCUT2D eigenvalue weighted by atomic mass is 9.97. The highest BCUT2D eigenvalue weighted by molar-refractivity contribution is 8.03. The molecule has 0 saturated carbocycles. The summed E-state index contributed by atoms with van der Waals surface area (Å²) in [7, 11) is -8.07. The summed E-state index contributed by atoms with van der Waals surface area (Å²) in [5, 5.41) is 0.846. The summed E-state index contributed by atoms with van der Waals surface area (Å²) in [6.45, 7) is 1.88. The molecule has 6 nitrogen and oxygen atoms in total. The van der Waals surface area contributed by atoms with Gasteiger partial charge in [-0.3, -0.25) is 4.84 Å². The van der Waals surface area contributed by atoms with Crippen molar-refractivity contribution >= 4 is 25.4 Å². The first-order chi connectivity index (χ1) is 20.4. The third kappa shape index (κ3) is 5.36. The van der Waals surface area contributed by atoms with Crippen molar-refractivity contribution in [3.05, 3.63) is 162 Å². The molecule has 1 heterocycles. The van der Waals surface area contributed by atoms with Crippen LogP contribution < -0.4 is 5.06 Å². The highest BCUT2D eigenvalue weighted by Gasteiger charge is 2.52. The predicted octanol–water partition coefficient (Wildman–Crippen LogP) is 7.51. The van der Waals surface area contributed by atoms with Crippen molar-refractivity contribution in [1.29, 1.82) is 0 Å². The number of hydrogen-bond donors (Lipinski definition) is 0. The van der Waals surface area contributed by atoms with Crippen molar-refractivity contribution in [1.82, 2.24) is 0 Å². The standard InChI is InChI=1S/C34H30N2O4S2/c1-26-22-24-31(25-23-26)42(38,39)35-41(37,30-20-12-5-13-21-30)34-32(27-14-6-2-7-15-27)36(29-18-10-4-11-19-29)40-33(34)28-16-8-3-9-17-28/h2-25,32-34H,1H3/t32-,33+,34-,41?/m0/s1. The van der Waals surface area contributed by atoms with Gasteiger partial charge in [-0.2, -0.15) is 8.42 Å². The third-order valence-electron chi connectivity index (χ3n) is 7.35. The van der Waals surface area contributed by atoms with Gasteiger partial charge in [0.25, 0.3) is 10.0 Å². The first-order valence-electron chi connectivity index (χ1n) is 13.6. The first kappa shape index (κ1) is 27.9. The van der Waals surface area contributed by atoms with Gasteiger partial charge in [0, 0.05) is 4.90 Å². The highest BCUT2D eigenvalue weighted by Crippen LogP contribution is 2.50. The predicted molar refractivity (Wildman–Crippen MR) is 166 cm³/mol. The second kappa shape index (κ2) is 11.6. The molecule has 0 spiro atoms. The van der Waals surface area contributed by atoms with E-state index in [4.69, 9.17) is 4.84 Å². The maximum atomic E-state index is 15.7. The SMILES string of the molecule is Cc1ccc(S(=O)(=O)N=S(=O)(c2ccccc2)[C@@H]2[C@@H](c3ccccc3)ON(c3ccccc3)[C@H]2c2ccccc2)cc1. The minimum atomic E-state index is -4.34. The van der Waals surface area contributed by atoms with Gasteiger partial charge in [-0.25, -0.2) is 9.27 Å². The zero-order valence-corrected chi connectivity index (χ0v) is 24.6. The summed E-state index contributed by atoms with van der Waals surface area (Å²) >= 11 is 0. The Morgan fingerprint density at radius 2 is 1.10 bits per heavy atom. The summed E-state index contributed by atoms with van der Waals surface area (Å²) < 4.78 is 48.0. The molecule has 0 bridgehead atoms. The lowest BCUT2D eigenvalue weighted by molar-refractivity contribution is 0.0846. The normalized spacial score (nSPS) is 20.1. The van der Waals surface area contributed by atoms with Crippen LogP contribution in [-0.4, -0.2) is 17.9 Å². The fourth-order valence-electron chi connectivity index (χ4n) is 5.32. The molecule has 4 atom stereocenters. The van der Waals surface area contributed by atoms with E-state index in [0.717, 1.165) is 22.4 Å². The Balaban J connectivity index is 1.66. The van der Waals surface area contributed by atoms with Crippen molar-refractivity contribution in [3.8, 4) is 0 Å². The van der Waals surface area contributed by atoms with Gasteiger partial charge in [-0.05, 0) is 54.4 Å². The second-order valence-corrected chi connectivity index (χ2v) is 14.3. The summed E-state index contributed by atoms with van der Waals surface area (Å²) in [6, 6.07) is 43.2. The van der Waals surface area contributed by atoms with Crippen LogP contribution in [-0.2, 0) is 24.6 Å². The minimum absolute atomic E-state index is 0.0110. The molecule has 0 aromatic heterocycles. The Morgan fingerprint density at radius 3 is 1.67 bits per heavy atom. The molecule has 8 heteroatoms.